The summed E-state index contributed by atoms with van der Waals surface area (Å²) >= 11 is 0. The highest BCUT2D eigenvalue weighted by Gasteiger charge is 2.53. The average molecular weight is 396 g/mol. The second-order valence-electron chi connectivity index (χ2n) is 8.06. The molecule has 148 valence electrons. The summed E-state index contributed by atoms with van der Waals surface area (Å²) in [4.78, 5) is 26.9. The fourth-order valence-corrected chi connectivity index (χ4v) is 4.57. The molecular weight excluding hydrogens is 376 g/mol. The third-order valence-electron chi connectivity index (χ3n) is 6.42. The van der Waals surface area contributed by atoms with Gasteiger partial charge in [0.05, 0.1) is 29.4 Å². The van der Waals surface area contributed by atoms with E-state index in [0.29, 0.717) is 11.4 Å². The maximum atomic E-state index is 13.4. The van der Waals surface area contributed by atoms with Crippen LogP contribution in [0.3, 0.4) is 0 Å². The van der Waals surface area contributed by atoms with Crippen molar-refractivity contribution in [2.24, 2.45) is 0 Å². The van der Waals surface area contributed by atoms with E-state index in [4.69, 9.17) is 5.10 Å². The Bertz CT molecular complexity index is 1300. The molecule has 1 amide bonds. The lowest BCUT2D eigenvalue weighted by Crippen LogP contribution is -2.36. The molecule has 0 atom stereocenters. The van der Waals surface area contributed by atoms with Crippen molar-refractivity contribution in [2.45, 2.75) is 25.3 Å². The summed E-state index contributed by atoms with van der Waals surface area (Å²) in [5, 5.41) is 4.81. The van der Waals surface area contributed by atoms with Crippen molar-refractivity contribution in [3.63, 3.8) is 0 Å². The number of rotatable bonds is 2. The number of pyridine rings is 1. The van der Waals surface area contributed by atoms with Gasteiger partial charge in [0.25, 0.3) is 5.91 Å². The van der Waals surface area contributed by atoms with Gasteiger partial charge >= 0.3 is 0 Å². The van der Waals surface area contributed by atoms with E-state index in [-0.39, 0.29) is 11.4 Å². The van der Waals surface area contributed by atoms with Gasteiger partial charge in [-0.3, -0.25) is 9.78 Å². The second kappa shape index (κ2) is 5.89. The zero-order valence-electron chi connectivity index (χ0n) is 16.8. The minimum atomic E-state index is -0.246. The lowest BCUT2D eigenvalue weighted by molar-refractivity contribution is 0.0704. The molecule has 2 aliphatic rings. The molecule has 0 radical (unpaired) electrons. The molecule has 7 heteroatoms. The zero-order chi connectivity index (χ0) is 20.5. The predicted molar refractivity (Wildman–Crippen MR) is 112 cm³/mol. The first-order chi connectivity index (χ1) is 14.6. The Kier molecular flexibility index (Phi) is 3.36. The van der Waals surface area contributed by atoms with Gasteiger partial charge in [0.2, 0.25) is 0 Å². The van der Waals surface area contributed by atoms with E-state index in [1.165, 1.54) is 0 Å². The normalized spacial score (nSPS) is 16.3. The molecular formula is C23H20N6O. The highest BCUT2D eigenvalue weighted by atomic mass is 16.2. The maximum Gasteiger partial charge on any atom is 0.273 e. The van der Waals surface area contributed by atoms with Crippen LogP contribution < -0.4 is 0 Å². The molecule has 0 bridgehead atoms. The minimum Gasteiger partial charge on any atom is -0.343 e. The van der Waals surface area contributed by atoms with E-state index >= 15 is 0 Å². The lowest BCUT2D eigenvalue weighted by Gasteiger charge is -2.27. The van der Waals surface area contributed by atoms with Crippen molar-refractivity contribution in [2.75, 3.05) is 7.05 Å². The van der Waals surface area contributed by atoms with Gasteiger partial charge in [0.1, 0.15) is 11.4 Å². The van der Waals surface area contributed by atoms with Gasteiger partial charge in [0.15, 0.2) is 0 Å². The fourth-order valence-electron chi connectivity index (χ4n) is 4.57. The zero-order valence-corrected chi connectivity index (χ0v) is 16.8. The van der Waals surface area contributed by atoms with Crippen LogP contribution in [-0.2, 0) is 5.54 Å². The van der Waals surface area contributed by atoms with Gasteiger partial charge in [0, 0.05) is 30.1 Å². The van der Waals surface area contributed by atoms with E-state index < -0.39 is 0 Å². The van der Waals surface area contributed by atoms with Crippen LogP contribution in [0.25, 0.3) is 28.2 Å². The quantitative estimate of drug-likeness (QED) is 0.560. The highest BCUT2D eigenvalue weighted by Crippen LogP contribution is 2.54. The van der Waals surface area contributed by atoms with Crippen LogP contribution in [0.1, 0.15) is 34.6 Å². The monoisotopic (exact) mass is 396 g/mol. The Morgan fingerprint density at radius 2 is 2.03 bits per heavy atom. The number of fused-ring (bicyclic) bond motifs is 4. The maximum absolute atomic E-state index is 13.4. The number of H-pyrrole nitrogens is 1. The van der Waals surface area contributed by atoms with Crippen LogP contribution in [0.2, 0.25) is 0 Å². The number of hydrogen-bond acceptors (Lipinski definition) is 4. The summed E-state index contributed by atoms with van der Waals surface area (Å²) in [7, 11) is 1.90. The molecule has 3 aromatic heterocycles. The van der Waals surface area contributed by atoms with Crippen molar-refractivity contribution in [3.05, 3.63) is 72.1 Å². The van der Waals surface area contributed by atoms with E-state index in [9.17, 15) is 4.79 Å². The molecule has 4 heterocycles. The molecule has 1 fully saturated rings. The standard InChI is InChI=1S/C23H20N6O/c1-14-16(4-3-9-25-14)15-5-6-17-20(10-15)29-21(22(30)28(2)23(17)7-8-23)11-18(27-29)19-12-24-13-26-19/h3-6,9-13H,7-8H2,1-2H3,(H,24,26). The SMILES string of the molecule is Cc1ncccc1-c1ccc2c(c1)-n1nc(-c3cnc[nH]3)cc1C(=O)N(C)C21CC1. The van der Waals surface area contributed by atoms with Gasteiger partial charge in [-0.2, -0.15) is 5.10 Å². The number of carbonyl (C=O) groups is 1. The third kappa shape index (κ3) is 2.26. The number of hydrogen-bond donors (Lipinski definition) is 1. The minimum absolute atomic E-state index is 0.0129. The number of nitrogens with one attached hydrogen (secondary N) is 1. The molecule has 0 unspecified atom stereocenters. The van der Waals surface area contributed by atoms with Gasteiger partial charge in [-0.1, -0.05) is 18.2 Å². The second-order valence-corrected chi connectivity index (χ2v) is 8.06. The summed E-state index contributed by atoms with van der Waals surface area (Å²) in [5.41, 5.74) is 7.01. The van der Waals surface area contributed by atoms with Crippen LogP contribution in [0.5, 0.6) is 0 Å². The number of benzene rings is 1. The fraction of sp³-hybridized carbons (Fsp3) is 0.217. The third-order valence-corrected chi connectivity index (χ3v) is 6.42. The smallest absolute Gasteiger partial charge is 0.273 e. The molecule has 6 rings (SSSR count). The first kappa shape index (κ1) is 17.1. The van der Waals surface area contributed by atoms with Crippen molar-refractivity contribution in [1.82, 2.24) is 29.6 Å². The number of nitrogens with zero attached hydrogens (tertiary/aromatic N) is 5. The Labute approximate surface area is 173 Å². The number of aromatic amines is 1. The van der Waals surface area contributed by atoms with Crippen LogP contribution >= 0.6 is 0 Å². The van der Waals surface area contributed by atoms with Crippen molar-refractivity contribution in [3.8, 4) is 28.2 Å². The van der Waals surface area contributed by atoms with Crippen LogP contribution in [-0.4, -0.2) is 42.6 Å². The first-order valence-corrected chi connectivity index (χ1v) is 10.0. The first-order valence-electron chi connectivity index (χ1n) is 10.0. The number of carbonyl (C=O) groups excluding carboxylic acids is 1. The Morgan fingerprint density at radius 1 is 1.17 bits per heavy atom. The topological polar surface area (TPSA) is 79.7 Å². The average Bonchev–Trinajstić information content (AvgIpc) is 3.19. The van der Waals surface area contributed by atoms with Gasteiger partial charge in [-0.05, 0) is 43.5 Å². The molecule has 1 aliphatic carbocycles. The Hall–Kier alpha value is -3.74. The molecule has 4 aromatic rings. The molecule has 1 saturated carbocycles. The molecule has 1 N–H and O–H groups in total. The summed E-state index contributed by atoms with van der Waals surface area (Å²) in [6, 6.07) is 12.3. The highest BCUT2D eigenvalue weighted by molar-refractivity contribution is 5.96. The Morgan fingerprint density at radius 3 is 2.77 bits per heavy atom. The number of aromatic nitrogens is 5. The Balaban J connectivity index is 1.62. The largest absolute Gasteiger partial charge is 0.343 e. The van der Waals surface area contributed by atoms with E-state index in [1.807, 2.05) is 31.0 Å². The van der Waals surface area contributed by atoms with Crippen LogP contribution in [0, 0.1) is 6.92 Å². The molecule has 1 spiro atoms. The van der Waals surface area contributed by atoms with E-state index in [2.05, 4.69) is 39.2 Å². The van der Waals surface area contributed by atoms with E-state index in [1.54, 1.807) is 23.4 Å². The summed E-state index contributed by atoms with van der Waals surface area (Å²) in [6.45, 7) is 2.01. The summed E-state index contributed by atoms with van der Waals surface area (Å²) in [5.74, 6) is -0.0129. The number of amides is 1. The number of imidazole rings is 1. The van der Waals surface area contributed by atoms with Crippen molar-refractivity contribution < 1.29 is 4.79 Å². The lowest BCUT2D eigenvalue weighted by atomic mass is 9.96. The number of aryl methyl sites for hydroxylation is 1. The van der Waals surface area contributed by atoms with Crippen molar-refractivity contribution >= 4 is 5.91 Å². The molecule has 0 saturated heterocycles. The predicted octanol–water partition coefficient (Wildman–Crippen LogP) is 3.71. The van der Waals surface area contributed by atoms with Gasteiger partial charge in [-0.15, -0.1) is 0 Å². The van der Waals surface area contributed by atoms with E-state index in [0.717, 1.165) is 46.6 Å². The van der Waals surface area contributed by atoms with Crippen molar-refractivity contribution in [1.29, 1.82) is 0 Å². The van der Waals surface area contributed by atoms with Crippen LogP contribution in [0.15, 0.2) is 55.1 Å². The summed E-state index contributed by atoms with van der Waals surface area (Å²) in [6.07, 6.45) is 7.06. The molecule has 7 nitrogen and oxygen atoms in total. The molecule has 1 aliphatic heterocycles. The molecule has 30 heavy (non-hydrogen) atoms. The summed E-state index contributed by atoms with van der Waals surface area (Å²) < 4.78 is 1.80. The van der Waals surface area contributed by atoms with Gasteiger partial charge < -0.3 is 9.88 Å². The van der Waals surface area contributed by atoms with Crippen LogP contribution in [0.4, 0.5) is 0 Å². The van der Waals surface area contributed by atoms with Gasteiger partial charge in [-0.25, -0.2) is 9.67 Å². The molecule has 1 aromatic carbocycles.